The van der Waals surface area contributed by atoms with Gasteiger partial charge in [-0.3, -0.25) is 9.48 Å². The van der Waals surface area contributed by atoms with Gasteiger partial charge in [0.05, 0.1) is 5.69 Å². The van der Waals surface area contributed by atoms with E-state index in [2.05, 4.69) is 15.2 Å². The number of fused-ring (bicyclic) bond motifs is 1. The molecular weight excluding hydrogens is 426 g/mol. The first kappa shape index (κ1) is 22.8. The van der Waals surface area contributed by atoms with E-state index in [0.29, 0.717) is 18.2 Å². The van der Waals surface area contributed by atoms with Crippen molar-refractivity contribution in [2.45, 2.75) is 70.5 Å². The molecule has 1 unspecified atom stereocenters. The Morgan fingerprint density at radius 2 is 1.94 bits per heavy atom. The first-order chi connectivity index (χ1) is 16.6. The molecule has 7 heteroatoms. The maximum Gasteiger partial charge on any atom is 0.274 e. The zero-order valence-corrected chi connectivity index (χ0v) is 20.3. The van der Waals surface area contributed by atoms with Crippen LogP contribution in [-0.2, 0) is 25.9 Å². The highest BCUT2D eigenvalue weighted by Gasteiger charge is 2.30. The Morgan fingerprint density at radius 1 is 1.15 bits per heavy atom. The van der Waals surface area contributed by atoms with Crippen LogP contribution in [-0.4, -0.2) is 45.9 Å². The number of carbonyl (C=O) groups is 1. The van der Waals surface area contributed by atoms with E-state index in [-0.39, 0.29) is 11.9 Å². The SMILES string of the molecule is CN(C)C(=O)c1nn(CC2CCCCC2)c2c1CC(NCc1cc(-c3ccccc3)on1)CC2. The number of nitrogens with zero attached hydrogens (tertiary/aromatic N) is 4. The summed E-state index contributed by atoms with van der Waals surface area (Å²) in [7, 11) is 3.62. The van der Waals surface area contributed by atoms with E-state index in [4.69, 9.17) is 9.62 Å². The van der Waals surface area contributed by atoms with Gasteiger partial charge in [0.25, 0.3) is 5.91 Å². The summed E-state index contributed by atoms with van der Waals surface area (Å²) in [5.74, 6) is 1.47. The highest BCUT2D eigenvalue weighted by atomic mass is 16.5. The van der Waals surface area contributed by atoms with Gasteiger partial charge in [0.1, 0.15) is 0 Å². The Balaban J connectivity index is 1.28. The average molecular weight is 462 g/mol. The van der Waals surface area contributed by atoms with Gasteiger partial charge in [0, 0.05) is 56.1 Å². The van der Waals surface area contributed by atoms with Crippen molar-refractivity contribution in [2.24, 2.45) is 5.92 Å². The van der Waals surface area contributed by atoms with Gasteiger partial charge in [0.15, 0.2) is 11.5 Å². The number of amides is 1. The Morgan fingerprint density at radius 3 is 2.71 bits per heavy atom. The van der Waals surface area contributed by atoms with Gasteiger partial charge >= 0.3 is 0 Å². The van der Waals surface area contributed by atoms with Gasteiger partial charge in [-0.2, -0.15) is 5.10 Å². The van der Waals surface area contributed by atoms with E-state index in [1.54, 1.807) is 4.90 Å². The van der Waals surface area contributed by atoms with Crippen LogP contribution in [0.2, 0.25) is 0 Å². The molecule has 2 aliphatic rings. The molecule has 1 saturated carbocycles. The summed E-state index contributed by atoms with van der Waals surface area (Å²) in [5, 5.41) is 12.8. The van der Waals surface area contributed by atoms with Crippen molar-refractivity contribution in [3.8, 4) is 11.3 Å². The van der Waals surface area contributed by atoms with E-state index < -0.39 is 0 Å². The number of aromatic nitrogens is 3. The fourth-order valence-corrected chi connectivity index (χ4v) is 5.39. The Labute approximate surface area is 201 Å². The lowest BCUT2D eigenvalue weighted by atomic mass is 9.88. The molecule has 1 atom stereocenters. The second kappa shape index (κ2) is 10.1. The predicted octanol–water partition coefficient (Wildman–Crippen LogP) is 4.47. The maximum absolute atomic E-state index is 13.0. The molecule has 0 bridgehead atoms. The van der Waals surface area contributed by atoms with E-state index >= 15 is 0 Å². The molecule has 2 aliphatic carbocycles. The first-order valence-electron chi connectivity index (χ1n) is 12.6. The third-order valence-corrected chi connectivity index (χ3v) is 7.30. The van der Waals surface area contributed by atoms with Crippen LogP contribution in [0.3, 0.4) is 0 Å². The van der Waals surface area contributed by atoms with Crippen molar-refractivity contribution in [2.75, 3.05) is 14.1 Å². The summed E-state index contributed by atoms with van der Waals surface area (Å²) in [5.41, 5.74) is 4.95. The molecule has 1 N–H and O–H groups in total. The zero-order chi connectivity index (χ0) is 23.5. The van der Waals surface area contributed by atoms with E-state index in [0.717, 1.165) is 48.4 Å². The monoisotopic (exact) mass is 461 g/mol. The minimum absolute atomic E-state index is 0.00305. The second-order valence-corrected chi connectivity index (χ2v) is 10.0. The van der Waals surface area contributed by atoms with Gasteiger partial charge in [-0.15, -0.1) is 0 Å². The second-order valence-electron chi connectivity index (χ2n) is 10.0. The van der Waals surface area contributed by atoms with Crippen molar-refractivity contribution in [1.82, 2.24) is 25.2 Å². The molecule has 0 saturated heterocycles. The number of hydrogen-bond acceptors (Lipinski definition) is 5. The van der Waals surface area contributed by atoms with Crippen LogP contribution < -0.4 is 5.32 Å². The zero-order valence-electron chi connectivity index (χ0n) is 20.3. The molecule has 7 nitrogen and oxygen atoms in total. The van der Waals surface area contributed by atoms with Crippen molar-refractivity contribution in [3.05, 3.63) is 59.0 Å². The Hall–Kier alpha value is -2.93. The molecule has 34 heavy (non-hydrogen) atoms. The molecule has 1 amide bonds. The third kappa shape index (κ3) is 4.94. The summed E-state index contributed by atoms with van der Waals surface area (Å²) in [6.07, 6.45) is 9.33. The quantitative estimate of drug-likeness (QED) is 0.562. The molecule has 180 valence electrons. The lowest BCUT2D eigenvalue weighted by molar-refractivity contribution is 0.0819. The molecule has 0 radical (unpaired) electrons. The van der Waals surface area contributed by atoms with Crippen molar-refractivity contribution < 1.29 is 9.32 Å². The number of rotatable bonds is 7. The molecule has 2 aromatic heterocycles. The van der Waals surface area contributed by atoms with Crippen LogP contribution in [0.15, 0.2) is 40.9 Å². The summed E-state index contributed by atoms with van der Waals surface area (Å²) >= 11 is 0. The normalized spacial score (nSPS) is 18.6. The molecule has 1 fully saturated rings. The minimum Gasteiger partial charge on any atom is -0.356 e. The number of carbonyl (C=O) groups excluding carboxylic acids is 1. The van der Waals surface area contributed by atoms with Gasteiger partial charge in [-0.1, -0.05) is 54.8 Å². The van der Waals surface area contributed by atoms with Crippen molar-refractivity contribution >= 4 is 5.91 Å². The molecule has 5 rings (SSSR count). The molecule has 3 aromatic rings. The topological polar surface area (TPSA) is 76.2 Å². The van der Waals surface area contributed by atoms with Crippen LogP contribution >= 0.6 is 0 Å². The van der Waals surface area contributed by atoms with Crippen LogP contribution in [0, 0.1) is 5.92 Å². The van der Waals surface area contributed by atoms with Crippen molar-refractivity contribution in [3.63, 3.8) is 0 Å². The molecule has 2 heterocycles. The molecule has 0 spiro atoms. The van der Waals surface area contributed by atoms with Gasteiger partial charge in [-0.05, 0) is 38.0 Å². The van der Waals surface area contributed by atoms with Crippen LogP contribution in [0.25, 0.3) is 11.3 Å². The van der Waals surface area contributed by atoms with E-state index in [1.165, 1.54) is 37.8 Å². The lowest BCUT2D eigenvalue weighted by Crippen LogP contribution is -2.35. The van der Waals surface area contributed by atoms with Crippen molar-refractivity contribution in [1.29, 1.82) is 0 Å². The highest BCUT2D eigenvalue weighted by Crippen LogP contribution is 2.30. The third-order valence-electron chi connectivity index (χ3n) is 7.30. The summed E-state index contributed by atoms with van der Waals surface area (Å²) in [6, 6.07) is 12.3. The lowest BCUT2D eigenvalue weighted by Gasteiger charge is -2.26. The summed E-state index contributed by atoms with van der Waals surface area (Å²) in [6.45, 7) is 1.59. The van der Waals surface area contributed by atoms with Crippen LogP contribution in [0.5, 0.6) is 0 Å². The van der Waals surface area contributed by atoms with E-state index in [9.17, 15) is 4.79 Å². The Bertz CT molecular complexity index is 1110. The largest absolute Gasteiger partial charge is 0.356 e. The summed E-state index contributed by atoms with van der Waals surface area (Å²) in [4.78, 5) is 14.6. The first-order valence-corrected chi connectivity index (χ1v) is 12.6. The number of nitrogens with one attached hydrogen (secondary N) is 1. The minimum atomic E-state index is 0.00305. The average Bonchev–Trinajstić information content (AvgIpc) is 3.48. The smallest absolute Gasteiger partial charge is 0.274 e. The van der Waals surface area contributed by atoms with Gasteiger partial charge in [-0.25, -0.2) is 0 Å². The molecule has 1 aromatic carbocycles. The predicted molar refractivity (Wildman–Crippen MR) is 131 cm³/mol. The number of hydrogen-bond donors (Lipinski definition) is 1. The maximum atomic E-state index is 13.0. The van der Waals surface area contributed by atoms with Crippen LogP contribution in [0.1, 0.15) is 66.0 Å². The Kier molecular flexibility index (Phi) is 6.81. The van der Waals surface area contributed by atoms with Gasteiger partial charge < -0.3 is 14.7 Å². The molecular formula is C27H35N5O2. The standard InChI is InChI=1S/C27H35N5O2/c1-31(2)27(33)26-23-15-21(13-14-24(23)32(29-26)18-19-9-5-3-6-10-19)28-17-22-16-25(34-30-22)20-11-7-4-8-12-20/h4,7-8,11-12,16,19,21,28H,3,5-6,9-10,13-15,17-18H2,1-2H3. The highest BCUT2D eigenvalue weighted by molar-refractivity contribution is 5.93. The van der Waals surface area contributed by atoms with E-state index in [1.807, 2.05) is 50.5 Å². The molecule has 0 aliphatic heterocycles. The fraction of sp³-hybridized carbons (Fsp3) is 0.519. The van der Waals surface area contributed by atoms with Crippen LogP contribution in [0.4, 0.5) is 0 Å². The summed E-state index contributed by atoms with van der Waals surface area (Å²) < 4.78 is 7.71. The fourth-order valence-electron chi connectivity index (χ4n) is 5.39. The number of benzene rings is 1. The van der Waals surface area contributed by atoms with Gasteiger partial charge in [0.2, 0.25) is 0 Å².